The Morgan fingerprint density at radius 1 is 1.24 bits per heavy atom. The van der Waals surface area contributed by atoms with E-state index in [1.165, 1.54) is 19.3 Å². The number of nitrogens with zero attached hydrogens (tertiary/aromatic N) is 5. The lowest BCUT2D eigenvalue weighted by Crippen LogP contribution is -2.37. The standard InChI is InChI=1S/C20H33N7O.HI/c1-4-21-20(23-14-16-13-17(15(2)3)26-28-16)22-11-8-10-19-25-24-18-9-6-5-7-12-27(18)19;/h13,15H,4-12,14H2,1-3H3,(H2,21,22,23);1H. The molecule has 1 aliphatic rings. The second kappa shape index (κ2) is 12.1. The highest BCUT2D eigenvalue weighted by molar-refractivity contribution is 14.0. The zero-order valence-electron chi connectivity index (χ0n) is 17.8. The molecule has 0 bridgehead atoms. The van der Waals surface area contributed by atoms with Crippen molar-refractivity contribution in [3.8, 4) is 0 Å². The molecule has 0 spiro atoms. The van der Waals surface area contributed by atoms with Crippen molar-refractivity contribution in [2.45, 2.75) is 78.3 Å². The minimum atomic E-state index is 0. The van der Waals surface area contributed by atoms with E-state index in [0.717, 1.165) is 68.0 Å². The summed E-state index contributed by atoms with van der Waals surface area (Å²) in [6, 6.07) is 1.98. The summed E-state index contributed by atoms with van der Waals surface area (Å²) in [4.78, 5) is 4.60. The van der Waals surface area contributed by atoms with E-state index in [0.29, 0.717) is 12.5 Å². The number of nitrogens with one attached hydrogen (secondary N) is 2. The molecule has 2 aromatic heterocycles. The number of fused-ring (bicyclic) bond motifs is 1. The Balaban J connectivity index is 0.00000300. The fourth-order valence-corrected chi connectivity index (χ4v) is 3.36. The number of guanidine groups is 1. The molecule has 0 fully saturated rings. The molecule has 0 saturated heterocycles. The molecule has 3 heterocycles. The molecule has 1 aliphatic heterocycles. The molecule has 0 amide bonds. The average Bonchev–Trinajstić information content (AvgIpc) is 3.24. The number of aromatic nitrogens is 4. The average molecular weight is 515 g/mol. The number of aliphatic imine (C=N–C) groups is 1. The number of hydrogen-bond acceptors (Lipinski definition) is 5. The normalized spacial score (nSPS) is 14.3. The second-order valence-corrected chi connectivity index (χ2v) is 7.59. The lowest BCUT2D eigenvalue weighted by molar-refractivity contribution is 0.376. The number of aryl methyl sites for hydroxylation is 2. The van der Waals surface area contributed by atoms with Crippen molar-refractivity contribution in [1.29, 1.82) is 0 Å². The van der Waals surface area contributed by atoms with Gasteiger partial charge in [0.05, 0.1) is 5.69 Å². The summed E-state index contributed by atoms with van der Waals surface area (Å²) in [5.41, 5.74) is 0.968. The zero-order valence-corrected chi connectivity index (χ0v) is 20.1. The highest BCUT2D eigenvalue weighted by Gasteiger charge is 2.14. The second-order valence-electron chi connectivity index (χ2n) is 7.59. The number of halogens is 1. The van der Waals surface area contributed by atoms with Crippen LogP contribution in [0.25, 0.3) is 0 Å². The fraction of sp³-hybridized carbons (Fsp3) is 0.700. The summed E-state index contributed by atoms with van der Waals surface area (Å²) in [6.07, 6.45) is 6.72. The largest absolute Gasteiger partial charge is 0.359 e. The van der Waals surface area contributed by atoms with Gasteiger partial charge < -0.3 is 19.7 Å². The van der Waals surface area contributed by atoms with Gasteiger partial charge in [-0.2, -0.15) is 0 Å². The molecule has 0 unspecified atom stereocenters. The first-order chi connectivity index (χ1) is 13.7. The van der Waals surface area contributed by atoms with Crippen LogP contribution in [0.5, 0.6) is 0 Å². The van der Waals surface area contributed by atoms with Gasteiger partial charge in [-0.3, -0.25) is 0 Å². The van der Waals surface area contributed by atoms with Crippen molar-refractivity contribution in [3.05, 3.63) is 29.2 Å². The Kier molecular flexibility index (Phi) is 9.89. The SMILES string of the molecule is CCNC(=NCc1cc(C(C)C)no1)NCCCc1nnc2n1CCCCC2.I. The van der Waals surface area contributed by atoms with Gasteiger partial charge in [0.15, 0.2) is 11.7 Å². The monoisotopic (exact) mass is 515 g/mol. The van der Waals surface area contributed by atoms with Gasteiger partial charge in [0.2, 0.25) is 0 Å². The molecule has 0 aliphatic carbocycles. The molecule has 3 rings (SSSR count). The molecule has 0 saturated carbocycles. The van der Waals surface area contributed by atoms with Crippen molar-refractivity contribution in [2.24, 2.45) is 4.99 Å². The molecule has 2 aromatic rings. The highest BCUT2D eigenvalue weighted by atomic mass is 127. The summed E-state index contributed by atoms with van der Waals surface area (Å²) >= 11 is 0. The first kappa shape index (κ1) is 23.6. The molecule has 9 heteroatoms. The van der Waals surface area contributed by atoms with Gasteiger partial charge in [0.1, 0.15) is 18.2 Å². The van der Waals surface area contributed by atoms with Gasteiger partial charge in [-0.1, -0.05) is 25.4 Å². The van der Waals surface area contributed by atoms with Gasteiger partial charge in [-0.25, -0.2) is 4.99 Å². The van der Waals surface area contributed by atoms with Crippen LogP contribution in [-0.4, -0.2) is 39.0 Å². The van der Waals surface area contributed by atoms with Crippen LogP contribution in [0.4, 0.5) is 0 Å². The molecule has 8 nitrogen and oxygen atoms in total. The Bertz CT molecular complexity index is 769. The van der Waals surface area contributed by atoms with Gasteiger partial charge in [0.25, 0.3) is 0 Å². The third-order valence-corrected chi connectivity index (χ3v) is 4.96. The number of rotatable bonds is 8. The van der Waals surface area contributed by atoms with E-state index in [9.17, 15) is 0 Å². The molecule has 0 radical (unpaired) electrons. The van der Waals surface area contributed by atoms with Crippen LogP contribution in [0.3, 0.4) is 0 Å². The Hall–Kier alpha value is -1.65. The minimum Gasteiger partial charge on any atom is -0.359 e. The van der Waals surface area contributed by atoms with Crippen molar-refractivity contribution < 1.29 is 4.52 Å². The van der Waals surface area contributed by atoms with Crippen LogP contribution in [0.2, 0.25) is 0 Å². The van der Waals surface area contributed by atoms with Crippen molar-refractivity contribution in [1.82, 2.24) is 30.6 Å². The third kappa shape index (κ3) is 6.97. The van der Waals surface area contributed by atoms with Crippen LogP contribution in [0, 0.1) is 0 Å². The molecule has 2 N–H and O–H groups in total. The minimum absolute atomic E-state index is 0. The zero-order chi connectivity index (χ0) is 19.8. The summed E-state index contributed by atoms with van der Waals surface area (Å²) < 4.78 is 7.68. The van der Waals surface area contributed by atoms with E-state index in [2.05, 4.69) is 56.3 Å². The number of hydrogen-bond donors (Lipinski definition) is 2. The van der Waals surface area contributed by atoms with Crippen molar-refractivity contribution >= 4 is 29.9 Å². The van der Waals surface area contributed by atoms with Crippen LogP contribution >= 0.6 is 24.0 Å². The van der Waals surface area contributed by atoms with Crippen LogP contribution in [0.15, 0.2) is 15.6 Å². The maximum Gasteiger partial charge on any atom is 0.191 e. The first-order valence-corrected chi connectivity index (χ1v) is 10.6. The lowest BCUT2D eigenvalue weighted by Gasteiger charge is -2.11. The van der Waals surface area contributed by atoms with Crippen LogP contribution < -0.4 is 10.6 Å². The van der Waals surface area contributed by atoms with E-state index < -0.39 is 0 Å². The summed E-state index contributed by atoms with van der Waals surface area (Å²) in [5, 5.41) is 19.5. The molecule has 0 atom stereocenters. The van der Waals surface area contributed by atoms with Gasteiger partial charge >= 0.3 is 0 Å². The van der Waals surface area contributed by atoms with E-state index in [1.807, 2.05) is 6.07 Å². The molecular weight excluding hydrogens is 481 g/mol. The van der Waals surface area contributed by atoms with Crippen molar-refractivity contribution in [3.63, 3.8) is 0 Å². The summed E-state index contributed by atoms with van der Waals surface area (Å²) in [7, 11) is 0. The topological polar surface area (TPSA) is 93.2 Å². The van der Waals surface area contributed by atoms with E-state index in [-0.39, 0.29) is 24.0 Å². The van der Waals surface area contributed by atoms with E-state index in [4.69, 9.17) is 4.52 Å². The molecule has 162 valence electrons. The van der Waals surface area contributed by atoms with Crippen LogP contribution in [0.1, 0.15) is 75.5 Å². The smallest absolute Gasteiger partial charge is 0.191 e. The Morgan fingerprint density at radius 2 is 2.10 bits per heavy atom. The first-order valence-electron chi connectivity index (χ1n) is 10.6. The highest BCUT2D eigenvalue weighted by Crippen LogP contribution is 2.15. The summed E-state index contributed by atoms with van der Waals surface area (Å²) in [5.74, 6) is 4.21. The third-order valence-electron chi connectivity index (χ3n) is 4.96. The van der Waals surface area contributed by atoms with Gasteiger partial charge in [-0.15, -0.1) is 34.2 Å². The van der Waals surface area contributed by atoms with Gasteiger partial charge in [0, 0.05) is 38.5 Å². The van der Waals surface area contributed by atoms with Crippen LogP contribution in [-0.2, 0) is 25.9 Å². The maximum absolute atomic E-state index is 5.36. The maximum atomic E-state index is 5.36. The van der Waals surface area contributed by atoms with Crippen molar-refractivity contribution in [2.75, 3.05) is 13.1 Å². The van der Waals surface area contributed by atoms with E-state index >= 15 is 0 Å². The summed E-state index contributed by atoms with van der Waals surface area (Å²) in [6.45, 7) is 9.46. The quantitative estimate of drug-likeness (QED) is 0.242. The van der Waals surface area contributed by atoms with Gasteiger partial charge in [-0.05, 0) is 32.1 Å². The molecule has 29 heavy (non-hydrogen) atoms. The Labute approximate surface area is 190 Å². The predicted molar refractivity (Wildman–Crippen MR) is 125 cm³/mol. The lowest BCUT2D eigenvalue weighted by atomic mass is 10.1. The Morgan fingerprint density at radius 3 is 2.86 bits per heavy atom. The van der Waals surface area contributed by atoms with E-state index in [1.54, 1.807) is 0 Å². The molecular formula is C20H34IN7O. The molecule has 0 aromatic carbocycles. The predicted octanol–water partition coefficient (Wildman–Crippen LogP) is 3.42. The fourth-order valence-electron chi connectivity index (χ4n) is 3.36.